The average molecular weight is 270 g/mol. The van der Waals surface area contributed by atoms with Crippen LogP contribution in [0.15, 0.2) is 0 Å². The Bertz CT molecular complexity index is 291. The van der Waals surface area contributed by atoms with E-state index in [4.69, 9.17) is 9.84 Å². The zero-order valence-corrected chi connectivity index (χ0v) is 10.0. The monoisotopic (exact) mass is 270 g/mol. The van der Waals surface area contributed by atoms with Gasteiger partial charge in [0.25, 0.3) is 5.91 Å². The van der Waals surface area contributed by atoms with E-state index in [1.54, 1.807) is 0 Å². The van der Waals surface area contributed by atoms with E-state index in [2.05, 4.69) is 10.6 Å². The number of hydrogen-bond donors (Lipinski definition) is 3. The predicted molar refractivity (Wildman–Crippen MR) is 56.9 cm³/mol. The number of piperidine rings is 1. The summed E-state index contributed by atoms with van der Waals surface area (Å²) in [5.74, 6) is -0.616. The van der Waals surface area contributed by atoms with Crippen molar-refractivity contribution >= 4 is 5.91 Å². The third-order valence-corrected chi connectivity index (χ3v) is 3.05. The molecule has 0 aromatic carbocycles. The molecule has 1 fully saturated rings. The molecule has 1 heterocycles. The van der Waals surface area contributed by atoms with Crippen molar-refractivity contribution < 1.29 is 27.8 Å². The Morgan fingerprint density at radius 1 is 1.50 bits per heavy atom. The largest absolute Gasteiger partial charge is 0.416 e. The van der Waals surface area contributed by atoms with Crippen molar-refractivity contribution in [1.29, 1.82) is 0 Å². The van der Waals surface area contributed by atoms with Gasteiger partial charge in [0.1, 0.15) is 5.60 Å². The molecule has 0 saturated carbocycles. The van der Waals surface area contributed by atoms with Crippen molar-refractivity contribution in [2.75, 3.05) is 26.7 Å². The molecule has 1 aliphatic heterocycles. The van der Waals surface area contributed by atoms with E-state index in [-0.39, 0.29) is 0 Å². The molecule has 1 saturated heterocycles. The molecule has 0 spiro atoms. The first-order chi connectivity index (χ1) is 8.32. The fourth-order valence-electron chi connectivity index (χ4n) is 1.82. The molecule has 8 heteroatoms. The molecule has 1 rings (SSSR count). The fraction of sp³-hybridized carbons (Fsp3) is 0.900. The summed E-state index contributed by atoms with van der Waals surface area (Å²) in [5, 5.41) is 13.9. The SMILES string of the molecule is COC1(C(=O)NCC(O)C(F)(F)F)CCNCC1. The second kappa shape index (κ2) is 5.85. The Balaban J connectivity index is 2.53. The van der Waals surface area contributed by atoms with Gasteiger partial charge < -0.3 is 20.5 Å². The van der Waals surface area contributed by atoms with Gasteiger partial charge >= 0.3 is 6.18 Å². The summed E-state index contributed by atoms with van der Waals surface area (Å²) >= 11 is 0. The molecule has 1 aliphatic rings. The van der Waals surface area contributed by atoms with Crippen LogP contribution >= 0.6 is 0 Å². The highest BCUT2D eigenvalue weighted by atomic mass is 19.4. The highest BCUT2D eigenvalue weighted by molar-refractivity contribution is 5.85. The Morgan fingerprint density at radius 3 is 2.50 bits per heavy atom. The summed E-state index contributed by atoms with van der Waals surface area (Å²) < 4.78 is 41.4. The second-order valence-electron chi connectivity index (χ2n) is 4.22. The number of nitrogens with one attached hydrogen (secondary N) is 2. The number of aliphatic hydroxyl groups is 1. The first-order valence-corrected chi connectivity index (χ1v) is 5.61. The lowest BCUT2D eigenvalue weighted by molar-refractivity contribution is -0.202. The van der Waals surface area contributed by atoms with Gasteiger partial charge in [-0.05, 0) is 25.9 Å². The second-order valence-corrected chi connectivity index (χ2v) is 4.22. The number of ether oxygens (including phenoxy) is 1. The van der Waals surface area contributed by atoms with E-state index < -0.39 is 30.3 Å². The normalized spacial score (nSPS) is 21.4. The van der Waals surface area contributed by atoms with Gasteiger partial charge in [-0.1, -0.05) is 0 Å². The number of aliphatic hydroxyl groups excluding tert-OH is 1. The van der Waals surface area contributed by atoms with E-state index in [9.17, 15) is 18.0 Å². The highest BCUT2D eigenvalue weighted by Gasteiger charge is 2.42. The Hall–Kier alpha value is -0.860. The highest BCUT2D eigenvalue weighted by Crippen LogP contribution is 2.23. The van der Waals surface area contributed by atoms with E-state index in [0.717, 1.165) is 0 Å². The minimum Gasteiger partial charge on any atom is -0.382 e. The third-order valence-electron chi connectivity index (χ3n) is 3.05. The number of carbonyl (C=O) groups excluding carboxylic acids is 1. The van der Waals surface area contributed by atoms with Crippen molar-refractivity contribution in [2.24, 2.45) is 0 Å². The van der Waals surface area contributed by atoms with Gasteiger partial charge in [-0.2, -0.15) is 13.2 Å². The lowest BCUT2D eigenvalue weighted by Gasteiger charge is -2.35. The number of amides is 1. The number of halogens is 3. The van der Waals surface area contributed by atoms with Crippen LogP contribution in [0.4, 0.5) is 13.2 Å². The molecule has 0 aliphatic carbocycles. The molecule has 5 nitrogen and oxygen atoms in total. The van der Waals surface area contributed by atoms with E-state index in [1.807, 2.05) is 0 Å². The molecule has 1 unspecified atom stereocenters. The van der Waals surface area contributed by atoms with Crippen molar-refractivity contribution in [1.82, 2.24) is 10.6 Å². The van der Waals surface area contributed by atoms with Crippen LogP contribution in [-0.4, -0.2) is 55.6 Å². The maximum Gasteiger partial charge on any atom is 0.416 e. The number of hydrogen-bond acceptors (Lipinski definition) is 4. The minimum absolute atomic E-state index is 0.386. The standard InChI is InChI=1S/C10H17F3N2O3/c1-18-9(2-4-14-5-3-9)8(17)15-6-7(16)10(11,12)13/h7,14,16H,2-6H2,1H3,(H,15,17). The Kier molecular flexibility index (Phi) is 4.94. The molecule has 1 atom stereocenters. The van der Waals surface area contributed by atoms with Crippen molar-refractivity contribution in [3.05, 3.63) is 0 Å². The first-order valence-electron chi connectivity index (χ1n) is 5.61. The maximum atomic E-state index is 12.1. The molecule has 1 amide bonds. The molecule has 106 valence electrons. The van der Waals surface area contributed by atoms with E-state index in [1.165, 1.54) is 7.11 Å². The summed E-state index contributed by atoms with van der Waals surface area (Å²) in [4.78, 5) is 11.8. The zero-order chi connectivity index (χ0) is 13.8. The van der Waals surface area contributed by atoms with Crippen LogP contribution < -0.4 is 10.6 Å². The smallest absolute Gasteiger partial charge is 0.382 e. The van der Waals surface area contributed by atoms with Gasteiger partial charge in [-0.25, -0.2) is 0 Å². The van der Waals surface area contributed by atoms with Crippen LogP contribution in [0, 0.1) is 0 Å². The molecule has 0 aromatic rings. The lowest BCUT2D eigenvalue weighted by atomic mass is 9.91. The molecular weight excluding hydrogens is 253 g/mol. The van der Waals surface area contributed by atoms with Gasteiger partial charge in [-0.15, -0.1) is 0 Å². The summed E-state index contributed by atoms with van der Waals surface area (Å²) in [6, 6.07) is 0. The van der Waals surface area contributed by atoms with Crippen LogP contribution in [0.2, 0.25) is 0 Å². The van der Waals surface area contributed by atoms with Crippen LogP contribution in [0.5, 0.6) is 0 Å². The van der Waals surface area contributed by atoms with Gasteiger partial charge in [-0.3, -0.25) is 4.79 Å². The van der Waals surface area contributed by atoms with Gasteiger partial charge in [0.2, 0.25) is 0 Å². The molecule has 0 aromatic heterocycles. The molecule has 3 N–H and O–H groups in total. The molecule has 18 heavy (non-hydrogen) atoms. The summed E-state index contributed by atoms with van der Waals surface area (Å²) in [7, 11) is 1.35. The van der Waals surface area contributed by atoms with Crippen LogP contribution in [0.1, 0.15) is 12.8 Å². The van der Waals surface area contributed by atoms with Gasteiger partial charge in [0.15, 0.2) is 6.10 Å². The Labute approximate surface area is 103 Å². The molecule has 0 bridgehead atoms. The lowest BCUT2D eigenvalue weighted by Crippen LogP contribution is -2.55. The average Bonchev–Trinajstić information content (AvgIpc) is 2.35. The fourth-order valence-corrected chi connectivity index (χ4v) is 1.82. The van der Waals surface area contributed by atoms with Crippen molar-refractivity contribution in [2.45, 2.75) is 30.7 Å². The predicted octanol–water partition coefficient (Wildman–Crippen LogP) is -0.206. The van der Waals surface area contributed by atoms with Crippen LogP contribution in [0.25, 0.3) is 0 Å². The van der Waals surface area contributed by atoms with E-state index >= 15 is 0 Å². The molecule has 0 radical (unpaired) electrons. The number of carbonyl (C=O) groups is 1. The van der Waals surface area contributed by atoms with Crippen LogP contribution in [-0.2, 0) is 9.53 Å². The van der Waals surface area contributed by atoms with Gasteiger partial charge in [0.05, 0.1) is 6.54 Å². The number of methoxy groups -OCH3 is 1. The molecular formula is C10H17F3N2O3. The Morgan fingerprint density at radius 2 is 2.06 bits per heavy atom. The summed E-state index contributed by atoms with van der Waals surface area (Å²) in [6.07, 6.45) is -6.52. The van der Waals surface area contributed by atoms with Crippen molar-refractivity contribution in [3.63, 3.8) is 0 Å². The minimum atomic E-state index is -4.73. The number of rotatable bonds is 4. The van der Waals surface area contributed by atoms with Crippen LogP contribution in [0.3, 0.4) is 0 Å². The van der Waals surface area contributed by atoms with Crippen molar-refractivity contribution in [3.8, 4) is 0 Å². The first kappa shape index (κ1) is 15.2. The zero-order valence-electron chi connectivity index (χ0n) is 10.0. The third kappa shape index (κ3) is 3.56. The topological polar surface area (TPSA) is 70.6 Å². The van der Waals surface area contributed by atoms with E-state index in [0.29, 0.717) is 25.9 Å². The summed E-state index contributed by atoms with van der Waals surface area (Å²) in [5.41, 5.74) is -1.10. The quantitative estimate of drug-likeness (QED) is 0.661. The van der Waals surface area contributed by atoms with Gasteiger partial charge in [0, 0.05) is 7.11 Å². The maximum absolute atomic E-state index is 12.1. The summed E-state index contributed by atoms with van der Waals surface area (Å²) in [6.45, 7) is 0.257. The number of alkyl halides is 3.